The Kier molecular flexibility index (Phi) is 6.66. The second-order valence-electron chi connectivity index (χ2n) is 8.08. The lowest BCUT2D eigenvalue weighted by molar-refractivity contribution is 0.0527. The Hall–Kier alpha value is -2.27. The van der Waals surface area contributed by atoms with Crippen LogP contribution in [0.25, 0.3) is 0 Å². The maximum atomic E-state index is 13.0. The third kappa shape index (κ3) is 4.73. The monoisotopic (exact) mass is 477 g/mol. The third-order valence-electron chi connectivity index (χ3n) is 5.74. The molecule has 2 aromatic rings. The molecule has 2 heterocycles. The van der Waals surface area contributed by atoms with Crippen LogP contribution >= 0.6 is 11.3 Å². The van der Waals surface area contributed by atoms with Gasteiger partial charge in [-0.3, -0.25) is 4.79 Å². The van der Waals surface area contributed by atoms with Crippen LogP contribution in [0.15, 0.2) is 34.5 Å². The number of piperazine rings is 1. The summed E-state index contributed by atoms with van der Waals surface area (Å²) < 4.78 is 32.7. The Morgan fingerprint density at radius 2 is 1.91 bits per heavy atom. The number of nitrogens with one attached hydrogen (secondary N) is 1. The van der Waals surface area contributed by atoms with E-state index in [9.17, 15) is 18.0 Å². The van der Waals surface area contributed by atoms with Crippen LogP contribution in [0.3, 0.4) is 0 Å². The third-order valence-corrected chi connectivity index (χ3v) is 8.55. The quantitative estimate of drug-likeness (QED) is 0.616. The van der Waals surface area contributed by atoms with Gasteiger partial charge in [-0.05, 0) is 61.9 Å². The van der Waals surface area contributed by atoms with E-state index in [1.165, 1.54) is 27.8 Å². The van der Waals surface area contributed by atoms with Gasteiger partial charge in [0.2, 0.25) is 10.0 Å². The average molecular weight is 478 g/mol. The van der Waals surface area contributed by atoms with Crippen LogP contribution in [-0.2, 0) is 14.8 Å². The van der Waals surface area contributed by atoms with E-state index < -0.39 is 21.9 Å². The lowest BCUT2D eigenvalue weighted by Crippen LogP contribution is -2.47. The number of ether oxygens (including phenoxy) is 1. The second-order valence-corrected chi connectivity index (χ2v) is 10.9. The summed E-state index contributed by atoms with van der Waals surface area (Å²) in [6, 6.07) is 6.03. The van der Waals surface area contributed by atoms with Gasteiger partial charge in [-0.15, -0.1) is 11.3 Å². The normalized spacial score (nSPS) is 17.8. The molecule has 0 unspecified atom stereocenters. The molecule has 8 nitrogen and oxygen atoms in total. The Labute approximate surface area is 192 Å². The second kappa shape index (κ2) is 9.30. The lowest BCUT2D eigenvalue weighted by Gasteiger charge is -2.31. The summed E-state index contributed by atoms with van der Waals surface area (Å²) in [6.45, 7) is 4.15. The lowest BCUT2D eigenvalue weighted by atomic mass is 10.1. The van der Waals surface area contributed by atoms with Crippen LogP contribution in [0.4, 0.5) is 5.00 Å². The van der Waals surface area contributed by atoms with Crippen molar-refractivity contribution in [1.82, 2.24) is 9.21 Å². The molecule has 1 saturated carbocycles. The number of anilines is 1. The number of hydrogen-bond acceptors (Lipinski definition) is 7. The number of esters is 1. The molecule has 0 radical (unpaired) electrons. The zero-order chi connectivity index (χ0) is 22.9. The number of thiophene rings is 1. The first-order chi connectivity index (χ1) is 15.3. The van der Waals surface area contributed by atoms with Crippen molar-refractivity contribution in [3.63, 3.8) is 0 Å². The number of carbonyl (C=O) groups is 2. The number of hydrogen-bond donors (Lipinski definition) is 1. The van der Waals surface area contributed by atoms with Crippen LogP contribution in [0.2, 0.25) is 0 Å². The minimum absolute atomic E-state index is 0.0881. The molecule has 2 aliphatic rings. The molecule has 10 heteroatoms. The van der Waals surface area contributed by atoms with Gasteiger partial charge < -0.3 is 15.0 Å². The topological polar surface area (TPSA) is 96.0 Å². The van der Waals surface area contributed by atoms with E-state index in [4.69, 9.17) is 4.74 Å². The molecule has 1 amide bonds. The Balaban J connectivity index is 1.56. The summed E-state index contributed by atoms with van der Waals surface area (Å²) in [5, 5.41) is 5.13. The van der Waals surface area contributed by atoms with E-state index in [1.807, 2.05) is 12.4 Å². The molecule has 0 atom stereocenters. The van der Waals surface area contributed by atoms with Gasteiger partial charge in [-0.1, -0.05) is 6.07 Å². The fraction of sp³-hybridized carbons (Fsp3) is 0.455. The minimum Gasteiger partial charge on any atom is -0.462 e. The first-order valence-electron chi connectivity index (χ1n) is 10.7. The number of amides is 1. The Morgan fingerprint density at radius 1 is 1.19 bits per heavy atom. The maximum absolute atomic E-state index is 13.0. The smallest absolute Gasteiger partial charge is 0.341 e. The van der Waals surface area contributed by atoms with Gasteiger partial charge in [0.25, 0.3) is 5.91 Å². The van der Waals surface area contributed by atoms with Crippen molar-refractivity contribution in [2.75, 3.05) is 45.2 Å². The van der Waals surface area contributed by atoms with Crippen LogP contribution in [-0.4, -0.2) is 69.3 Å². The molecule has 2 fully saturated rings. The molecule has 1 N–H and O–H groups in total. The largest absolute Gasteiger partial charge is 0.462 e. The van der Waals surface area contributed by atoms with E-state index in [0.29, 0.717) is 42.7 Å². The van der Waals surface area contributed by atoms with E-state index in [-0.39, 0.29) is 17.1 Å². The van der Waals surface area contributed by atoms with Gasteiger partial charge in [-0.25, -0.2) is 13.2 Å². The van der Waals surface area contributed by atoms with Crippen molar-refractivity contribution in [3.8, 4) is 0 Å². The molecule has 1 aromatic heterocycles. The number of sulfonamides is 1. The van der Waals surface area contributed by atoms with Gasteiger partial charge in [0.15, 0.2) is 0 Å². The summed E-state index contributed by atoms with van der Waals surface area (Å²) in [4.78, 5) is 27.7. The van der Waals surface area contributed by atoms with Gasteiger partial charge >= 0.3 is 5.97 Å². The van der Waals surface area contributed by atoms with E-state index in [2.05, 4.69) is 10.2 Å². The number of likely N-dealkylation sites (N-methyl/N-ethyl adjacent to an activating group) is 1. The predicted molar refractivity (Wildman–Crippen MR) is 123 cm³/mol. The molecule has 0 bridgehead atoms. The highest BCUT2D eigenvalue weighted by Gasteiger charge is 2.33. The fourth-order valence-electron chi connectivity index (χ4n) is 3.72. The van der Waals surface area contributed by atoms with E-state index in [0.717, 1.165) is 18.4 Å². The van der Waals surface area contributed by atoms with Crippen molar-refractivity contribution < 1.29 is 22.7 Å². The zero-order valence-electron chi connectivity index (χ0n) is 18.2. The number of rotatable bonds is 7. The van der Waals surface area contributed by atoms with Crippen molar-refractivity contribution in [2.24, 2.45) is 0 Å². The first kappa shape index (κ1) is 22.9. The molecule has 1 aromatic carbocycles. The fourth-order valence-corrected chi connectivity index (χ4v) is 6.22. The van der Waals surface area contributed by atoms with Crippen LogP contribution in [0, 0.1) is 0 Å². The highest BCUT2D eigenvalue weighted by Crippen LogP contribution is 2.46. The molecular weight excluding hydrogens is 450 g/mol. The van der Waals surface area contributed by atoms with Gasteiger partial charge in [-0.2, -0.15) is 4.31 Å². The number of benzene rings is 1. The summed E-state index contributed by atoms with van der Waals surface area (Å²) >= 11 is 1.29. The molecular formula is C22H27N3O5S2. The average Bonchev–Trinajstić information content (AvgIpc) is 3.54. The van der Waals surface area contributed by atoms with E-state index in [1.54, 1.807) is 19.1 Å². The summed E-state index contributed by atoms with van der Waals surface area (Å²) in [7, 11) is -1.73. The first-order valence-corrected chi connectivity index (χ1v) is 13.0. The van der Waals surface area contributed by atoms with Crippen molar-refractivity contribution in [2.45, 2.75) is 30.6 Å². The van der Waals surface area contributed by atoms with Gasteiger partial charge in [0.05, 0.1) is 17.1 Å². The van der Waals surface area contributed by atoms with Crippen molar-refractivity contribution in [1.29, 1.82) is 0 Å². The summed E-state index contributed by atoms with van der Waals surface area (Å²) in [6.07, 6.45) is 2.03. The highest BCUT2D eigenvalue weighted by atomic mass is 32.2. The van der Waals surface area contributed by atoms with Crippen LogP contribution in [0.5, 0.6) is 0 Å². The molecule has 4 rings (SSSR count). The maximum Gasteiger partial charge on any atom is 0.341 e. The molecule has 1 saturated heterocycles. The summed E-state index contributed by atoms with van der Waals surface area (Å²) in [5.74, 6) is -0.583. The standard InChI is InChI=1S/C22H27N3O5S2/c1-3-30-22(27)19-18(15-7-8-15)14-31-21(19)23-20(26)16-5-4-6-17(13-16)32(28,29)25-11-9-24(2)10-12-25/h4-6,13-15H,3,7-12H2,1-2H3,(H,23,26). The summed E-state index contributed by atoms with van der Waals surface area (Å²) in [5.41, 5.74) is 1.54. The molecule has 1 aliphatic heterocycles. The molecule has 0 spiro atoms. The number of nitrogens with zero attached hydrogens (tertiary/aromatic N) is 2. The predicted octanol–water partition coefficient (Wildman–Crippen LogP) is 2.99. The van der Waals surface area contributed by atoms with Gasteiger partial charge in [0, 0.05) is 31.7 Å². The van der Waals surface area contributed by atoms with Crippen LogP contribution < -0.4 is 5.32 Å². The Morgan fingerprint density at radius 3 is 2.56 bits per heavy atom. The van der Waals surface area contributed by atoms with Crippen molar-refractivity contribution >= 4 is 38.2 Å². The minimum atomic E-state index is -3.69. The molecule has 32 heavy (non-hydrogen) atoms. The van der Waals surface area contributed by atoms with Gasteiger partial charge in [0.1, 0.15) is 5.00 Å². The Bertz CT molecular complexity index is 1120. The van der Waals surface area contributed by atoms with Crippen molar-refractivity contribution in [3.05, 3.63) is 46.3 Å². The number of carbonyl (C=O) groups excluding carboxylic acids is 2. The zero-order valence-corrected chi connectivity index (χ0v) is 19.8. The van der Waals surface area contributed by atoms with Crippen LogP contribution in [0.1, 0.15) is 52.0 Å². The molecule has 1 aliphatic carbocycles. The van der Waals surface area contributed by atoms with E-state index >= 15 is 0 Å². The SMILES string of the molecule is CCOC(=O)c1c(C2CC2)csc1NC(=O)c1cccc(S(=O)(=O)N2CCN(C)CC2)c1. The molecule has 172 valence electrons. The highest BCUT2D eigenvalue weighted by molar-refractivity contribution is 7.89.